The predicted molar refractivity (Wildman–Crippen MR) is 68.0 cm³/mol. The van der Waals surface area contributed by atoms with Gasteiger partial charge < -0.3 is 4.74 Å². The lowest BCUT2D eigenvalue weighted by molar-refractivity contribution is 0.438. The molecule has 0 aromatic carbocycles. The molecule has 10 nitrogen and oxygen atoms in total. The van der Waals surface area contributed by atoms with Crippen molar-refractivity contribution in [1.82, 2.24) is 34.3 Å². The Balaban J connectivity index is 1.96. The third-order valence-corrected chi connectivity index (χ3v) is 2.36. The molecule has 0 saturated heterocycles. The Kier molecular flexibility index (Phi) is 2.97. The van der Waals surface area contributed by atoms with E-state index in [-0.39, 0.29) is 12.0 Å². The second kappa shape index (κ2) is 4.93. The summed E-state index contributed by atoms with van der Waals surface area (Å²) in [5.41, 5.74) is 2.36. The molecule has 0 atom stereocenters. The molecular weight excluding hydrogens is 262 g/mol. The number of ether oxygens (including phenoxy) is 1. The Morgan fingerprint density at radius 3 is 2.85 bits per heavy atom. The van der Waals surface area contributed by atoms with Gasteiger partial charge in [-0.1, -0.05) is 0 Å². The molecule has 0 aliphatic heterocycles. The van der Waals surface area contributed by atoms with Gasteiger partial charge in [0.25, 0.3) is 0 Å². The summed E-state index contributed by atoms with van der Waals surface area (Å²) in [5, 5.41) is 3.99. The van der Waals surface area contributed by atoms with Gasteiger partial charge in [0.2, 0.25) is 11.9 Å². The lowest BCUT2D eigenvalue weighted by Crippen LogP contribution is -2.13. The van der Waals surface area contributed by atoms with Gasteiger partial charge in [0.05, 0.1) is 12.4 Å². The van der Waals surface area contributed by atoms with Crippen LogP contribution in [0.25, 0.3) is 5.95 Å². The first-order chi connectivity index (χ1) is 9.74. The zero-order valence-corrected chi connectivity index (χ0v) is 10.5. The highest BCUT2D eigenvalue weighted by Crippen LogP contribution is 2.18. The van der Waals surface area contributed by atoms with E-state index in [9.17, 15) is 0 Å². The SMILES string of the molecule is Cn1cc(Oc2nc(NN)nc(-n3ccnc3)n2)cn1. The van der Waals surface area contributed by atoms with Crippen LogP contribution in [-0.4, -0.2) is 34.3 Å². The summed E-state index contributed by atoms with van der Waals surface area (Å²) in [4.78, 5) is 16.2. The number of imidazole rings is 1. The summed E-state index contributed by atoms with van der Waals surface area (Å²) in [6, 6.07) is 0.102. The molecule has 3 N–H and O–H groups in total. The number of hydrogen-bond donors (Lipinski definition) is 2. The fraction of sp³-hybridized carbons (Fsp3) is 0.100. The van der Waals surface area contributed by atoms with E-state index in [1.54, 1.807) is 47.4 Å². The number of aryl methyl sites for hydroxylation is 1. The van der Waals surface area contributed by atoms with Crippen LogP contribution < -0.4 is 16.0 Å². The normalized spacial score (nSPS) is 10.5. The van der Waals surface area contributed by atoms with Crippen LogP contribution in [0.5, 0.6) is 11.8 Å². The number of hydrogen-bond acceptors (Lipinski definition) is 8. The summed E-state index contributed by atoms with van der Waals surface area (Å²) in [6.45, 7) is 0. The maximum absolute atomic E-state index is 5.51. The maximum atomic E-state index is 5.51. The molecule has 20 heavy (non-hydrogen) atoms. The van der Waals surface area contributed by atoms with Crippen molar-refractivity contribution in [3.8, 4) is 17.7 Å². The molecule has 10 heteroatoms. The Morgan fingerprint density at radius 2 is 2.20 bits per heavy atom. The number of aromatic nitrogens is 7. The third kappa shape index (κ3) is 2.40. The van der Waals surface area contributed by atoms with Crippen molar-refractivity contribution >= 4 is 5.95 Å². The van der Waals surface area contributed by atoms with E-state index < -0.39 is 0 Å². The lowest BCUT2D eigenvalue weighted by atomic mass is 10.6. The average Bonchev–Trinajstić information content (AvgIpc) is 3.10. The molecule has 0 unspecified atom stereocenters. The van der Waals surface area contributed by atoms with Crippen molar-refractivity contribution in [2.24, 2.45) is 12.9 Å². The first kappa shape index (κ1) is 12.0. The van der Waals surface area contributed by atoms with E-state index in [0.29, 0.717) is 11.7 Å². The molecule has 0 fully saturated rings. The average molecular weight is 273 g/mol. The fourth-order valence-corrected chi connectivity index (χ4v) is 1.51. The minimum Gasteiger partial charge on any atom is -0.421 e. The molecule has 0 aliphatic carbocycles. The van der Waals surface area contributed by atoms with Crippen molar-refractivity contribution in [1.29, 1.82) is 0 Å². The van der Waals surface area contributed by atoms with Crippen LogP contribution in [0, 0.1) is 0 Å². The maximum Gasteiger partial charge on any atom is 0.328 e. The van der Waals surface area contributed by atoms with E-state index in [0.717, 1.165) is 0 Å². The molecule has 3 rings (SSSR count). The minimum atomic E-state index is 0.102. The van der Waals surface area contributed by atoms with Gasteiger partial charge in [-0.2, -0.15) is 20.1 Å². The molecule has 0 aliphatic rings. The summed E-state index contributed by atoms with van der Waals surface area (Å²) < 4.78 is 8.72. The van der Waals surface area contributed by atoms with Crippen molar-refractivity contribution < 1.29 is 4.74 Å². The van der Waals surface area contributed by atoms with E-state index in [1.165, 1.54) is 0 Å². The molecule has 3 heterocycles. The molecule has 0 saturated carbocycles. The van der Waals surface area contributed by atoms with Crippen LogP contribution in [0.4, 0.5) is 5.95 Å². The smallest absolute Gasteiger partial charge is 0.328 e. The number of hydrazine groups is 1. The van der Waals surface area contributed by atoms with Crippen LogP contribution in [0.2, 0.25) is 0 Å². The quantitative estimate of drug-likeness (QED) is 0.498. The van der Waals surface area contributed by atoms with Crippen molar-refractivity contribution in [2.45, 2.75) is 0 Å². The molecule has 3 aromatic heterocycles. The monoisotopic (exact) mass is 273 g/mol. The van der Waals surface area contributed by atoms with Crippen molar-refractivity contribution in [3.63, 3.8) is 0 Å². The van der Waals surface area contributed by atoms with Gasteiger partial charge in [-0.05, 0) is 0 Å². The van der Waals surface area contributed by atoms with Gasteiger partial charge in [0, 0.05) is 19.4 Å². The Labute approximate surface area is 113 Å². The van der Waals surface area contributed by atoms with Gasteiger partial charge >= 0.3 is 6.01 Å². The molecule has 0 spiro atoms. The zero-order valence-electron chi connectivity index (χ0n) is 10.5. The first-order valence-corrected chi connectivity index (χ1v) is 5.62. The van der Waals surface area contributed by atoms with Crippen LogP contribution >= 0.6 is 0 Å². The van der Waals surface area contributed by atoms with Gasteiger partial charge in [-0.25, -0.2) is 10.8 Å². The van der Waals surface area contributed by atoms with E-state index >= 15 is 0 Å². The minimum absolute atomic E-state index is 0.102. The first-order valence-electron chi connectivity index (χ1n) is 5.62. The summed E-state index contributed by atoms with van der Waals surface area (Å²) >= 11 is 0. The lowest BCUT2D eigenvalue weighted by Gasteiger charge is -2.06. The molecule has 0 bridgehead atoms. The van der Waals surface area contributed by atoms with Crippen LogP contribution in [0.3, 0.4) is 0 Å². The Bertz CT molecular complexity index is 705. The van der Waals surface area contributed by atoms with Gasteiger partial charge in [-0.3, -0.25) is 14.7 Å². The number of nitrogens with one attached hydrogen (secondary N) is 1. The summed E-state index contributed by atoms with van der Waals surface area (Å²) in [6.07, 6.45) is 8.11. The second-order valence-electron chi connectivity index (χ2n) is 3.81. The highest BCUT2D eigenvalue weighted by molar-refractivity contribution is 5.30. The largest absolute Gasteiger partial charge is 0.421 e. The predicted octanol–water partition coefficient (Wildman–Crippen LogP) is -0.131. The second-order valence-corrected chi connectivity index (χ2v) is 3.81. The molecule has 0 amide bonds. The molecule has 0 radical (unpaired) electrons. The molecular formula is C10H11N9O. The van der Waals surface area contributed by atoms with Gasteiger partial charge in [0.1, 0.15) is 6.33 Å². The molecule has 102 valence electrons. The highest BCUT2D eigenvalue weighted by Gasteiger charge is 2.10. The van der Waals surface area contributed by atoms with Gasteiger partial charge in [0.15, 0.2) is 5.75 Å². The van der Waals surface area contributed by atoms with E-state index in [2.05, 4.69) is 30.5 Å². The molecule has 3 aromatic rings. The Morgan fingerprint density at radius 1 is 1.30 bits per heavy atom. The number of anilines is 1. The van der Waals surface area contributed by atoms with Gasteiger partial charge in [-0.15, -0.1) is 0 Å². The summed E-state index contributed by atoms with van der Waals surface area (Å²) in [5.74, 6) is 6.37. The number of rotatable bonds is 4. The number of nitrogen functional groups attached to an aromatic ring is 1. The zero-order chi connectivity index (χ0) is 13.9. The Hall–Kier alpha value is -3.01. The van der Waals surface area contributed by atoms with Crippen molar-refractivity contribution in [3.05, 3.63) is 31.1 Å². The third-order valence-electron chi connectivity index (χ3n) is 2.36. The van der Waals surface area contributed by atoms with Crippen molar-refractivity contribution in [2.75, 3.05) is 5.43 Å². The van der Waals surface area contributed by atoms with E-state index in [1.807, 2.05) is 0 Å². The fourth-order valence-electron chi connectivity index (χ4n) is 1.51. The van der Waals surface area contributed by atoms with Crippen LogP contribution in [0.15, 0.2) is 31.1 Å². The number of nitrogens with zero attached hydrogens (tertiary/aromatic N) is 7. The highest BCUT2D eigenvalue weighted by atomic mass is 16.5. The summed E-state index contributed by atoms with van der Waals surface area (Å²) in [7, 11) is 1.78. The van der Waals surface area contributed by atoms with Crippen LogP contribution in [0.1, 0.15) is 0 Å². The van der Waals surface area contributed by atoms with Crippen LogP contribution in [-0.2, 0) is 7.05 Å². The standard InChI is InChI=1S/C10H11N9O/c1-18-5-7(4-13-18)20-10-15-8(17-11)14-9(16-10)19-3-2-12-6-19/h2-6H,11H2,1H3,(H,14,15,16,17). The van der Waals surface area contributed by atoms with E-state index in [4.69, 9.17) is 10.6 Å². The topological polar surface area (TPSA) is 122 Å². The number of nitrogens with two attached hydrogens (primary N) is 1.